The number of hydrogen-bond donors (Lipinski definition) is 1. The zero-order valence-electron chi connectivity index (χ0n) is 18.1. The lowest BCUT2D eigenvalue weighted by molar-refractivity contribution is 0.0315. The van der Waals surface area contributed by atoms with E-state index in [1.807, 2.05) is 0 Å². The fourth-order valence-electron chi connectivity index (χ4n) is 4.04. The largest absolute Gasteiger partial charge is 0.379 e. The van der Waals surface area contributed by atoms with Crippen molar-refractivity contribution in [2.24, 2.45) is 10.9 Å². The van der Waals surface area contributed by atoms with E-state index in [4.69, 9.17) is 9.73 Å². The molecule has 156 valence electrons. The number of nitrogens with one attached hydrogen (secondary N) is 1. The average Bonchev–Trinajstić information content (AvgIpc) is 3.15. The molecule has 0 aliphatic carbocycles. The molecule has 2 aliphatic heterocycles. The predicted molar refractivity (Wildman–Crippen MR) is 117 cm³/mol. The maximum atomic E-state index is 5.48. The lowest BCUT2D eigenvalue weighted by Gasteiger charge is -2.29. The number of likely N-dealkylation sites (tertiary alicyclic amines) is 1. The first kappa shape index (κ1) is 20.9. The van der Waals surface area contributed by atoms with E-state index >= 15 is 0 Å². The van der Waals surface area contributed by atoms with Gasteiger partial charge >= 0.3 is 0 Å². The number of guanidine groups is 1. The number of ether oxygens (including phenoxy) is 1. The van der Waals surface area contributed by atoms with Gasteiger partial charge in [0.2, 0.25) is 0 Å². The molecule has 2 aliphatic rings. The summed E-state index contributed by atoms with van der Waals surface area (Å²) in [6.07, 6.45) is 1.25. The molecule has 6 nitrogen and oxygen atoms in total. The van der Waals surface area contributed by atoms with Crippen molar-refractivity contribution in [2.45, 2.75) is 26.8 Å². The van der Waals surface area contributed by atoms with Crippen LogP contribution in [-0.2, 0) is 11.3 Å². The van der Waals surface area contributed by atoms with Crippen molar-refractivity contribution in [3.05, 3.63) is 29.3 Å². The lowest BCUT2D eigenvalue weighted by atomic mass is 10.1. The molecule has 0 radical (unpaired) electrons. The van der Waals surface area contributed by atoms with Gasteiger partial charge in [-0.25, -0.2) is 4.99 Å². The maximum absolute atomic E-state index is 5.48. The average molecular weight is 388 g/mol. The zero-order chi connectivity index (χ0) is 19.9. The standard InChI is InChI=1S/C22H37N5O/c1-5-23-22(24-15-20-6-7-21(25(3)4)14-18(20)2)27-9-8-19(17-27)16-26-10-12-28-13-11-26/h6-7,14,19H,5,8-13,15-17H2,1-4H3,(H,23,24). The summed E-state index contributed by atoms with van der Waals surface area (Å²) in [6, 6.07) is 6.63. The van der Waals surface area contributed by atoms with Gasteiger partial charge in [0.05, 0.1) is 19.8 Å². The Morgan fingerprint density at radius 3 is 2.71 bits per heavy atom. The molecular formula is C22H37N5O. The predicted octanol–water partition coefficient (Wildman–Crippen LogP) is 2.18. The Labute approximate surface area is 170 Å². The molecule has 2 saturated heterocycles. The van der Waals surface area contributed by atoms with Gasteiger partial charge in [0.25, 0.3) is 0 Å². The van der Waals surface area contributed by atoms with Gasteiger partial charge in [-0.15, -0.1) is 0 Å². The summed E-state index contributed by atoms with van der Waals surface area (Å²) in [5.41, 5.74) is 3.84. The maximum Gasteiger partial charge on any atom is 0.194 e. The lowest BCUT2D eigenvalue weighted by Crippen LogP contribution is -2.42. The van der Waals surface area contributed by atoms with Crippen LogP contribution in [0.3, 0.4) is 0 Å². The van der Waals surface area contributed by atoms with E-state index in [2.05, 4.69) is 66.2 Å². The Balaban J connectivity index is 1.59. The molecule has 0 saturated carbocycles. The van der Waals surface area contributed by atoms with E-state index in [-0.39, 0.29) is 0 Å². The van der Waals surface area contributed by atoms with Crippen LogP contribution >= 0.6 is 0 Å². The first-order valence-corrected chi connectivity index (χ1v) is 10.7. The van der Waals surface area contributed by atoms with Gasteiger partial charge in [-0.05, 0) is 49.4 Å². The van der Waals surface area contributed by atoms with E-state index in [9.17, 15) is 0 Å². The smallest absolute Gasteiger partial charge is 0.194 e. The van der Waals surface area contributed by atoms with Crippen molar-refractivity contribution < 1.29 is 4.74 Å². The van der Waals surface area contributed by atoms with E-state index in [0.717, 1.165) is 64.4 Å². The molecule has 1 aromatic carbocycles. The summed E-state index contributed by atoms with van der Waals surface area (Å²) >= 11 is 0. The van der Waals surface area contributed by atoms with E-state index in [1.54, 1.807) is 0 Å². The Kier molecular flexibility index (Phi) is 7.57. The molecule has 0 spiro atoms. The Morgan fingerprint density at radius 2 is 2.04 bits per heavy atom. The molecule has 1 N–H and O–H groups in total. The van der Waals surface area contributed by atoms with Crippen molar-refractivity contribution in [2.75, 3.05) is 71.5 Å². The summed E-state index contributed by atoms with van der Waals surface area (Å²) in [7, 11) is 4.16. The van der Waals surface area contributed by atoms with Crippen LogP contribution in [0.4, 0.5) is 5.69 Å². The normalized spacial score (nSPS) is 21.2. The van der Waals surface area contributed by atoms with Crippen LogP contribution in [0, 0.1) is 12.8 Å². The van der Waals surface area contributed by atoms with Gasteiger partial charge in [-0.3, -0.25) is 4.90 Å². The third-order valence-electron chi connectivity index (χ3n) is 5.78. The fraction of sp³-hybridized carbons (Fsp3) is 0.682. The zero-order valence-corrected chi connectivity index (χ0v) is 18.1. The molecule has 0 aromatic heterocycles. The first-order chi connectivity index (χ1) is 13.6. The van der Waals surface area contributed by atoms with Gasteiger partial charge in [0.15, 0.2) is 5.96 Å². The van der Waals surface area contributed by atoms with Crippen LogP contribution in [0.2, 0.25) is 0 Å². The number of nitrogens with zero attached hydrogens (tertiary/aromatic N) is 4. The highest BCUT2D eigenvalue weighted by atomic mass is 16.5. The SMILES string of the molecule is CCNC(=NCc1ccc(N(C)C)cc1C)N1CCC(CN2CCOCC2)C1. The molecule has 1 unspecified atom stereocenters. The fourth-order valence-corrected chi connectivity index (χ4v) is 4.04. The van der Waals surface area contributed by atoms with Crippen molar-refractivity contribution in [3.63, 3.8) is 0 Å². The highest BCUT2D eigenvalue weighted by Gasteiger charge is 2.27. The molecule has 6 heteroatoms. The van der Waals surface area contributed by atoms with Crippen LogP contribution < -0.4 is 10.2 Å². The van der Waals surface area contributed by atoms with Crippen molar-refractivity contribution in [1.29, 1.82) is 0 Å². The molecule has 2 fully saturated rings. The van der Waals surface area contributed by atoms with Gasteiger partial charge in [0, 0.05) is 59.1 Å². The number of anilines is 1. The number of morpholine rings is 1. The second kappa shape index (κ2) is 10.1. The third-order valence-corrected chi connectivity index (χ3v) is 5.78. The summed E-state index contributed by atoms with van der Waals surface area (Å²) in [5.74, 6) is 1.78. The second-order valence-electron chi connectivity index (χ2n) is 8.19. The molecule has 1 atom stereocenters. The Morgan fingerprint density at radius 1 is 1.25 bits per heavy atom. The molecule has 2 heterocycles. The highest BCUT2D eigenvalue weighted by Crippen LogP contribution is 2.20. The number of aliphatic imine (C=N–C) groups is 1. The third kappa shape index (κ3) is 5.61. The van der Waals surface area contributed by atoms with Crippen LogP contribution in [0.15, 0.2) is 23.2 Å². The van der Waals surface area contributed by atoms with E-state index < -0.39 is 0 Å². The van der Waals surface area contributed by atoms with Crippen LogP contribution in [0.5, 0.6) is 0 Å². The Hall–Kier alpha value is -1.79. The topological polar surface area (TPSA) is 43.3 Å². The van der Waals surface area contributed by atoms with Crippen molar-refractivity contribution in [1.82, 2.24) is 15.1 Å². The molecule has 0 bridgehead atoms. The van der Waals surface area contributed by atoms with Crippen molar-refractivity contribution in [3.8, 4) is 0 Å². The van der Waals surface area contributed by atoms with Gasteiger partial charge < -0.3 is 19.9 Å². The summed E-state index contributed by atoms with van der Waals surface area (Å²) < 4.78 is 5.48. The second-order valence-corrected chi connectivity index (χ2v) is 8.19. The van der Waals surface area contributed by atoms with E-state index in [0.29, 0.717) is 0 Å². The molecule has 0 amide bonds. The minimum Gasteiger partial charge on any atom is -0.379 e. The molecule has 3 rings (SSSR count). The summed E-state index contributed by atoms with van der Waals surface area (Å²) in [5, 5.41) is 3.50. The summed E-state index contributed by atoms with van der Waals surface area (Å²) in [4.78, 5) is 12.1. The van der Waals surface area contributed by atoms with Crippen LogP contribution in [0.1, 0.15) is 24.5 Å². The number of hydrogen-bond acceptors (Lipinski definition) is 4. The quantitative estimate of drug-likeness (QED) is 0.599. The molecule has 1 aromatic rings. The highest BCUT2D eigenvalue weighted by molar-refractivity contribution is 5.80. The first-order valence-electron chi connectivity index (χ1n) is 10.7. The Bertz CT molecular complexity index is 654. The van der Waals surface area contributed by atoms with Gasteiger partial charge in [-0.2, -0.15) is 0 Å². The van der Waals surface area contributed by atoms with Crippen LogP contribution in [-0.4, -0.2) is 82.3 Å². The monoisotopic (exact) mass is 387 g/mol. The summed E-state index contributed by atoms with van der Waals surface area (Å²) in [6.45, 7) is 13.3. The molecular weight excluding hydrogens is 350 g/mol. The number of rotatable bonds is 6. The van der Waals surface area contributed by atoms with E-state index in [1.165, 1.54) is 29.8 Å². The van der Waals surface area contributed by atoms with Crippen LogP contribution in [0.25, 0.3) is 0 Å². The minimum atomic E-state index is 0.725. The van der Waals surface area contributed by atoms with Crippen molar-refractivity contribution >= 4 is 11.6 Å². The minimum absolute atomic E-state index is 0.725. The van der Waals surface area contributed by atoms with Gasteiger partial charge in [-0.1, -0.05) is 6.07 Å². The number of aryl methyl sites for hydroxylation is 1. The number of benzene rings is 1. The van der Waals surface area contributed by atoms with Gasteiger partial charge in [0.1, 0.15) is 0 Å². The molecule has 28 heavy (non-hydrogen) atoms.